The lowest BCUT2D eigenvalue weighted by Gasteiger charge is -2.08. The zero-order valence-electron chi connectivity index (χ0n) is 12.5. The maximum atomic E-state index is 7.24. The van der Waals surface area contributed by atoms with Gasteiger partial charge in [-0.25, -0.2) is 9.53 Å². The van der Waals surface area contributed by atoms with Crippen LogP contribution in [0.5, 0.6) is 5.88 Å². The highest BCUT2D eigenvalue weighted by atomic mass is 35.5. The minimum Gasteiger partial charge on any atom is -0.473 e. The number of benzene rings is 2. The normalized spacial score (nSPS) is 10.3. The van der Waals surface area contributed by atoms with Gasteiger partial charge in [0.05, 0.1) is 12.3 Å². The number of aromatic nitrogens is 2. The SMILES string of the molecule is [C-]#[N+]c1cccc(C)c1COc1ccn(-c2ccc(Cl)cc2)n1. The Morgan fingerprint density at radius 3 is 2.70 bits per heavy atom. The summed E-state index contributed by atoms with van der Waals surface area (Å²) in [4.78, 5) is 3.54. The lowest BCUT2D eigenvalue weighted by molar-refractivity contribution is 0.292. The van der Waals surface area contributed by atoms with Crippen LogP contribution in [-0.4, -0.2) is 9.78 Å². The van der Waals surface area contributed by atoms with Crippen LogP contribution in [-0.2, 0) is 6.61 Å². The summed E-state index contributed by atoms with van der Waals surface area (Å²) in [5, 5.41) is 5.07. The molecule has 0 aliphatic rings. The van der Waals surface area contributed by atoms with Gasteiger partial charge in [0.15, 0.2) is 5.69 Å². The lowest BCUT2D eigenvalue weighted by Crippen LogP contribution is -2.00. The quantitative estimate of drug-likeness (QED) is 0.635. The number of aryl methyl sites for hydroxylation is 1. The second-order valence-corrected chi connectivity index (χ2v) is 5.48. The lowest BCUT2D eigenvalue weighted by atomic mass is 10.1. The topological polar surface area (TPSA) is 31.4 Å². The molecule has 0 saturated carbocycles. The van der Waals surface area contributed by atoms with Crippen LogP contribution in [0.3, 0.4) is 0 Å². The van der Waals surface area contributed by atoms with E-state index in [2.05, 4.69) is 9.94 Å². The van der Waals surface area contributed by atoms with E-state index in [1.165, 1.54) is 0 Å². The molecule has 1 aromatic heterocycles. The van der Waals surface area contributed by atoms with E-state index >= 15 is 0 Å². The third-order valence-electron chi connectivity index (χ3n) is 3.53. The van der Waals surface area contributed by atoms with Crippen molar-refractivity contribution < 1.29 is 4.74 Å². The summed E-state index contributed by atoms with van der Waals surface area (Å²) in [6.45, 7) is 9.53. The van der Waals surface area contributed by atoms with Crippen LogP contribution in [0.1, 0.15) is 11.1 Å². The molecule has 0 amide bonds. The summed E-state index contributed by atoms with van der Waals surface area (Å²) in [5.41, 5.74) is 3.45. The molecule has 0 bridgehead atoms. The molecule has 5 heteroatoms. The average Bonchev–Trinajstić information content (AvgIpc) is 3.03. The largest absolute Gasteiger partial charge is 0.473 e. The van der Waals surface area contributed by atoms with Gasteiger partial charge < -0.3 is 4.74 Å². The average molecular weight is 324 g/mol. The Bertz CT molecular complexity index is 863. The van der Waals surface area contributed by atoms with Crippen molar-refractivity contribution in [3.05, 3.63) is 82.3 Å². The number of rotatable bonds is 4. The second-order valence-electron chi connectivity index (χ2n) is 5.05. The van der Waals surface area contributed by atoms with Gasteiger partial charge in [0.1, 0.15) is 6.61 Å². The third kappa shape index (κ3) is 3.36. The van der Waals surface area contributed by atoms with Gasteiger partial charge in [0, 0.05) is 17.3 Å². The highest BCUT2D eigenvalue weighted by Crippen LogP contribution is 2.24. The van der Waals surface area contributed by atoms with Crippen LogP contribution in [0.15, 0.2) is 54.7 Å². The summed E-state index contributed by atoms with van der Waals surface area (Å²) in [6, 6.07) is 14.8. The van der Waals surface area contributed by atoms with Crippen molar-refractivity contribution in [3.63, 3.8) is 0 Å². The van der Waals surface area contributed by atoms with Crippen LogP contribution in [0.25, 0.3) is 10.5 Å². The van der Waals surface area contributed by atoms with Gasteiger partial charge in [-0.15, -0.1) is 5.10 Å². The van der Waals surface area contributed by atoms with Crippen molar-refractivity contribution in [2.45, 2.75) is 13.5 Å². The van der Waals surface area contributed by atoms with E-state index in [0.717, 1.165) is 16.8 Å². The number of nitrogens with zero attached hydrogens (tertiary/aromatic N) is 3. The fourth-order valence-electron chi connectivity index (χ4n) is 2.25. The fourth-order valence-corrected chi connectivity index (χ4v) is 2.37. The molecule has 0 N–H and O–H groups in total. The fraction of sp³-hybridized carbons (Fsp3) is 0.111. The van der Waals surface area contributed by atoms with Crippen molar-refractivity contribution >= 4 is 17.3 Å². The van der Waals surface area contributed by atoms with Gasteiger partial charge in [0.25, 0.3) is 0 Å². The molecule has 114 valence electrons. The summed E-state index contributed by atoms with van der Waals surface area (Å²) in [5.74, 6) is 0.513. The maximum absolute atomic E-state index is 7.24. The van der Waals surface area contributed by atoms with E-state index in [1.54, 1.807) is 16.8 Å². The molecule has 0 aliphatic carbocycles. The number of halogens is 1. The predicted molar refractivity (Wildman–Crippen MR) is 90.3 cm³/mol. The van der Waals surface area contributed by atoms with Crippen LogP contribution >= 0.6 is 11.6 Å². The highest BCUT2D eigenvalue weighted by Gasteiger charge is 2.08. The molecule has 0 spiro atoms. The molecule has 3 rings (SSSR count). The number of ether oxygens (including phenoxy) is 1. The van der Waals surface area contributed by atoms with Crippen molar-refractivity contribution in [2.24, 2.45) is 0 Å². The summed E-state index contributed by atoms with van der Waals surface area (Å²) < 4.78 is 7.46. The molecule has 2 aromatic carbocycles. The minimum absolute atomic E-state index is 0.321. The van der Waals surface area contributed by atoms with Crippen molar-refractivity contribution in [1.82, 2.24) is 9.78 Å². The van der Waals surface area contributed by atoms with Gasteiger partial charge in [-0.2, -0.15) is 0 Å². The van der Waals surface area contributed by atoms with E-state index in [4.69, 9.17) is 22.9 Å². The zero-order valence-corrected chi connectivity index (χ0v) is 13.3. The molecule has 0 saturated heterocycles. The summed E-state index contributed by atoms with van der Waals surface area (Å²) in [6.07, 6.45) is 1.83. The van der Waals surface area contributed by atoms with Gasteiger partial charge in [0.2, 0.25) is 5.88 Å². The Labute approximate surface area is 139 Å². The Morgan fingerprint density at radius 2 is 1.96 bits per heavy atom. The van der Waals surface area contributed by atoms with Gasteiger partial charge >= 0.3 is 0 Å². The van der Waals surface area contributed by atoms with Gasteiger partial charge in [-0.3, -0.25) is 0 Å². The Hall–Kier alpha value is -2.77. The molecule has 0 radical (unpaired) electrons. The van der Waals surface area contributed by atoms with Crippen molar-refractivity contribution in [3.8, 4) is 11.6 Å². The summed E-state index contributed by atoms with van der Waals surface area (Å²) >= 11 is 5.89. The molecule has 1 heterocycles. The first kappa shape index (κ1) is 15.1. The Morgan fingerprint density at radius 1 is 1.17 bits per heavy atom. The molecule has 0 aliphatic heterocycles. The number of hydrogen-bond donors (Lipinski definition) is 0. The van der Waals surface area contributed by atoms with Crippen LogP contribution in [0.2, 0.25) is 5.02 Å². The van der Waals surface area contributed by atoms with Gasteiger partial charge in [-0.1, -0.05) is 35.4 Å². The molecule has 0 atom stereocenters. The van der Waals surface area contributed by atoms with Crippen LogP contribution < -0.4 is 4.74 Å². The van der Waals surface area contributed by atoms with Gasteiger partial charge in [-0.05, 0) is 36.8 Å². The molecule has 4 nitrogen and oxygen atoms in total. The van der Waals surface area contributed by atoms with E-state index in [1.807, 2.05) is 49.5 Å². The Balaban J connectivity index is 1.76. The summed E-state index contributed by atoms with van der Waals surface area (Å²) in [7, 11) is 0. The molecule has 3 aromatic rings. The predicted octanol–water partition coefficient (Wildman–Crippen LogP) is 4.96. The molecular formula is C18H14ClN3O. The molecular weight excluding hydrogens is 310 g/mol. The Kier molecular flexibility index (Phi) is 4.31. The maximum Gasteiger partial charge on any atom is 0.233 e. The van der Waals surface area contributed by atoms with Crippen LogP contribution in [0, 0.1) is 13.5 Å². The minimum atomic E-state index is 0.321. The van der Waals surface area contributed by atoms with Crippen LogP contribution in [0.4, 0.5) is 5.69 Å². The molecule has 23 heavy (non-hydrogen) atoms. The first-order valence-corrected chi connectivity index (χ1v) is 7.45. The van der Waals surface area contributed by atoms with E-state index < -0.39 is 0 Å². The third-order valence-corrected chi connectivity index (χ3v) is 3.78. The zero-order chi connectivity index (χ0) is 16.2. The first-order valence-electron chi connectivity index (χ1n) is 7.08. The molecule has 0 unspecified atom stereocenters. The van der Waals surface area contributed by atoms with Crippen molar-refractivity contribution in [1.29, 1.82) is 0 Å². The number of hydrogen-bond acceptors (Lipinski definition) is 2. The second kappa shape index (κ2) is 6.55. The van der Waals surface area contributed by atoms with E-state index in [0.29, 0.717) is 23.2 Å². The van der Waals surface area contributed by atoms with Crippen molar-refractivity contribution in [2.75, 3.05) is 0 Å². The van der Waals surface area contributed by atoms with E-state index in [9.17, 15) is 0 Å². The molecule has 0 fully saturated rings. The van der Waals surface area contributed by atoms with E-state index in [-0.39, 0.29) is 0 Å². The standard InChI is InChI=1S/C18H14ClN3O/c1-13-4-3-5-17(20-2)16(13)12-23-18-10-11-22(21-18)15-8-6-14(19)7-9-15/h3-11H,12H2,1H3. The monoisotopic (exact) mass is 323 g/mol. The first-order chi connectivity index (χ1) is 11.2. The smallest absolute Gasteiger partial charge is 0.233 e. The highest BCUT2D eigenvalue weighted by molar-refractivity contribution is 6.30.